The molecule has 0 spiro atoms. The van der Waals surface area contributed by atoms with Crippen molar-refractivity contribution in [3.8, 4) is 0 Å². The Labute approximate surface area is 95.0 Å². The number of nitrogens with one attached hydrogen (secondary N) is 1. The van der Waals surface area contributed by atoms with Gasteiger partial charge in [0.25, 0.3) is 0 Å². The summed E-state index contributed by atoms with van der Waals surface area (Å²) in [6.45, 7) is 6.39. The Balaban J connectivity index is 0.00000112. The Morgan fingerprint density at radius 2 is 2.20 bits per heavy atom. The van der Waals surface area contributed by atoms with E-state index in [4.69, 9.17) is 9.15 Å². The standard InChI is InChI=1S/C9H15N3O2.ClH/c1-6(2)8-11-12-9(14-8)7-5-10-3-4-13-7;/h6-7,10H,3-5H2,1-2H3;1H. The SMILES string of the molecule is CC(C)c1nnc(C2CNCCO2)o1.Cl. The average Bonchev–Trinajstić information content (AvgIpc) is 2.68. The zero-order chi connectivity index (χ0) is 9.97. The van der Waals surface area contributed by atoms with Gasteiger partial charge in [-0.25, -0.2) is 0 Å². The maximum Gasteiger partial charge on any atom is 0.246 e. The van der Waals surface area contributed by atoms with E-state index >= 15 is 0 Å². The summed E-state index contributed by atoms with van der Waals surface area (Å²) in [4.78, 5) is 0. The summed E-state index contributed by atoms with van der Waals surface area (Å²) >= 11 is 0. The minimum Gasteiger partial charge on any atom is -0.422 e. The molecule has 1 aromatic rings. The van der Waals surface area contributed by atoms with E-state index in [0.717, 1.165) is 13.1 Å². The largest absolute Gasteiger partial charge is 0.422 e. The van der Waals surface area contributed by atoms with Crippen LogP contribution in [0.2, 0.25) is 0 Å². The molecular formula is C9H16ClN3O2. The molecule has 1 aromatic heterocycles. The summed E-state index contributed by atoms with van der Waals surface area (Å²) < 4.78 is 11.0. The molecule has 1 fully saturated rings. The van der Waals surface area contributed by atoms with Crippen molar-refractivity contribution in [2.24, 2.45) is 0 Å². The first-order valence-corrected chi connectivity index (χ1v) is 4.93. The second-order valence-corrected chi connectivity index (χ2v) is 3.70. The molecule has 1 N–H and O–H groups in total. The fourth-order valence-corrected chi connectivity index (χ4v) is 1.33. The van der Waals surface area contributed by atoms with E-state index in [9.17, 15) is 0 Å². The lowest BCUT2D eigenvalue weighted by molar-refractivity contribution is 0.0101. The van der Waals surface area contributed by atoms with Crippen molar-refractivity contribution >= 4 is 12.4 Å². The van der Waals surface area contributed by atoms with Gasteiger partial charge in [0.05, 0.1) is 6.61 Å². The Hall–Kier alpha value is -0.650. The van der Waals surface area contributed by atoms with Gasteiger partial charge in [-0.2, -0.15) is 0 Å². The summed E-state index contributed by atoms with van der Waals surface area (Å²) in [5.74, 6) is 1.53. The Kier molecular flexibility index (Phi) is 4.50. The van der Waals surface area contributed by atoms with Crippen molar-refractivity contribution in [1.29, 1.82) is 0 Å². The lowest BCUT2D eigenvalue weighted by atomic mass is 10.2. The molecule has 15 heavy (non-hydrogen) atoms. The molecule has 0 amide bonds. The van der Waals surface area contributed by atoms with Crippen LogP contribution < -0.4 is 5.32 Å². The number of aromatic nitrogens is 2. The predicted octanol–water partition coefficient (Wildman–Crippen LogP) is 1.28. The molecule has 6 heteroatoms. The highest BCUT2D eigenvalue weighted by Gasteiger charge is 2.22. The van der Waals surface area contributed by atoms with Gasteiger partial charge in [0.2, 0.25) is 11.8 Å². The van der Waals surface area contributed by atoms with Crippen LogP contribution in [0.25, 0.3) is 0 Å². The third kappa shape index (κ3) is 2.90. The van der Waals surface area contributed by atoms with E-state index in [1.807, 2.05) is 13.8 Å². The first-order chi connectivity index (χ1) is 6.77. The fraction of sp³-hybridized carbons (Fsp3) is 0.778. The molecule has 1 saturated heterocycles. The van der Waals surface area contributed by atoms with E-state index < -0.39 is 0 Å². The molecule has 1 unspecified atom stereocenters. The van der Waals surface area contributed by atoms with Crippen LogP contribution in [0.5, 0.6) is 0 Å². The fourth-order valence-electron chi connectivity index (χ4n) is 1.33. The van der Waals surface area contributed by atoms with Crippen molar-refractivity contribution in [1.82, 2.24) is 15.5 Å². The molecule has 0 bridgehead atoms. The zero-order valence-corrected chi connectivity index (χ0v) is 9.71. The van der Waals surface area contributed by atoms with Gasteiger partial charge in [0, 0.05) is 19.0 Å². The van der Waals surface area contributed by atoms with Gasteiger partial charge in [0.15, 0.2) is 0 Å². The maximum atomic E-state index is 5.50. The Morgan fingerprint density at radius 1 is 1.40 bits per heavy atom. The number of halogens is 1. The van der Waals surface area contributed by atoms with Crippen molar-refractivity contribution in [3.05, 3.63) is 11.8 Å². The Bertz CT molecular complexity index is 297. The molecule has 0 saturated carbocycles. The molecule has 5 nitrogen and oxygen atoms in total. The average molecular weight is 234 g/mol. The Morgan fingerprint density at radius 3 is 2.73 bits per heavy atom. The van der Waals surface area contributed by atoms with Crippen LogP contribution in [-0.4, -0.2) is 29.9 Å². The van der Waals surface area contributed by atoms with Crippen molar-refractivity contribution in [3.63, 3.8) is 0 Å². The van der Waals surface area contributed by atoms with Crippen LogP contribution in [0.3, 0.4) is 0 Å². The van der Waals surface area contributed by atoms with Crippen molar-refractivity contribution < 1.29 is 9.15 Å². The van der Waals surface area contributed by atoms with E-state index in [1.54, 1.807) is 0 Å². The molecule has 0 radical (unpaired) electrons. The highest BCUT2D eigenvalue weighted by Crippen LogP contribution is 2.20. The predicted molar refractivity (Wildman–Crippen MR) is 57.2 cm³/mol. The van der Waals surface area contributed by atoms with Crippen LogP contribution >= 0.6 is 12.4 Å². The van der Waals surface area contributed by atoms with Gasteiger partial charge in [-0.15, -0.1) is 22.6 Å². The molecule has 1 aliphatic rings. The quantitative estimate of drug-likeness (QED) is 0.834. The molecule has 2 heterocycles. The molecule has 0 aliphatic carbocycles. The number of hydrogen-bond donors (Lipinski definition) is 1. The maximum absolute atomic E-state index is 5.50. The highest BCUT2D eigenvalue weighted by atomic mass is 35.5. The first kappa shape index (κ1) is 12.4. The monoisotopic (exact) mass is 233 g/mol. The van der Waals surface area contributed by atoms with Crippen LogP contribution in [0, 0.1) is 0 Å². The highest BCUT2D eigenvalue weighted by molar-refractivity contribution is 5.85. The summed E-state index contributed by atoms with van der Waals surface area (Å²) in [7, 11) is 0. The van der Waals surface area contributed by atoms with E-state index in [0.29, 0.717) is 18.4 Å². The van der Waals surface area contributed by atoms with E-state index in [2.05, 4.69) is 15.5 Å². The lowest BCUT2D eigenvalue weighted by Crippen LogP contribution is -2.33. The van der Waals surface area contributed by atoms with Gasteiger partial charge in [-0.1, -0.05) is 13.8 Å². The number of morpholine rings is 1. The van der Waals surface area contributed by atoms with Crippen LogP contribution in [0.1, 0.15) is 37.7 Å². The van der Waals surface area contributed by atoms with Crippen molar-refractivity contribution in [2.75, 3.05) is 19.7 Å². The van der Waals surface area contributed by atoms with Gasteiger partial charge in [-0.05, 0) is 0 Å². The second kappa shape index (κ2) is 5.44. The molecule has 2 rings (SSSR count). The van der Waals surface area contributed by atoms with Crippen LogP contribution in [0.15, 0.2) is 4.42 Å². The van der Waals surface area contributed by atoms with Crippen molar-refractivity contribution in [2.45, 2.75) is 25.9 Å². The van der Waals surface area contributed by atoms with E-state index in [1.165, 1.54) is 0 Å². The molecular weight excluding hydrogens is 218 g/mol. The molecule has 1 atom stereocenters. The van der Waals surface area contributed by atoms with E-state index in [-0.39, 0.29) is 24.4 Å². The number of nitrogens with zero attached hydrogens (tertiary/aromatic N) is 2. The van der Waals surface area contributed by atoms with Gasteiger partial charge >= 0.3 is 0 Å². The van der Waals surface area contributed by atoms with Gasteiger partial charge < -0.3 is 14.5 Å². The third-order valence-corrected chi connectivity index (χ3v) is 2.15. The molecule has 0 aromatic carbocycles. The minimum atomic E-state index is -0.0799. The molecule has 1 aliphatic heterocycles. The topological polar surface area (TPSA) is 60.2 Å². The van der Waals surface area contributed by atoms with Crippen LogP contribution in [-0.2, 0) is 4.74 Å². The third-order valence-electron chi connectivity index (χ3n) is 2.15. The number of rotatable bonds is 2. The van der Waals surface area contributed by atoms with Crippen LogP contribution in [0.4, 0.5) is 0 Å². The smallest absolute Gasteiger partial charge is 0.246 e. The summed E-state index contributed by atoms with van der Waals surface area (Å²) in [6, 6.07) is 0. The lowest BCUT2D eigenvalue weighted by Gasteiger charge is -2.20. The normalized spacial score (nSPS) is 21.4. The summed E-state index contributed by atoms with van der Waals surface area (Å²) in [5.41, 5.74) is 0. The van der Waals surface area contributed by atoms with Gasteiger partial charge in [-0.3, -0.25) is 0 Å². The number of hydrogen-bond acceptors (Lipinski definition) is 5. The summed E-state index contributed by atoms with van der Waals surface area (Å²) in [6.07, 6.45) is -0.0799. The van der Waals surface area contributed by atoms with Gasteiger partial charge in [0.1, 0.15) is 6.10 Å². The first-order valence-electron chi connectivity index (χ1n) is 4.93. The molecule has 86 valence electrons. The summed E-state index contributed by atoms with van der Waals surface area (Å²) in [5, 5.41) is 11.2. The number of ether oxygens (including phenoxy) is 1. The second-order valence-electron chi connectivity index (χ2n) is 3.70. The zero-order valence-electron chi connectivity index (χ0n) is 8.90. The minimum absolute atomic E-state index is 0.